The largest absolute Gasteiger partial charge is 0.444 e. The Bertz CT molecular complexity index is 800. The Morgan fingerprint density at radius 3 is 2.48 bits per heavy atom. The van der Waals surface area contributed by atoms with E-state index in [1.54, 1.807) is 4.90 Å². The molecule has 2 aromatic rings. The molecule has 0 radical (unpaired) electrons. The Labute approximate surface area is 146 Å². The van der Waals surface area contributed by atoms with Gasteiger partial charge in [0, 0.05) is 31.2 Å². The first-order valence-corrected chi connectivity index (χ1v) is 7.98. The molecule has 2 heterocycles. The lowest BCUT2D eigenvalue weighted by Crippen LogP contribution is -2.33. The highest BCUT2D eigenvalue weighted by Crippen LogP contribution is 2.27. The Hall–Kier alpha value is -2.96. The van der Waals surface area contributed by atoms with Gasteiger partial charge in [-0.15, -0.1) is 0 Å². The number of benzene rings is 1. The topological polar surface area (TPSA) is 84.4 Å². The van der Waals surface area contributed by atoms with Crippen molar-refractivity contribution in [2.75, 3.05) is 5.32 Å². The van der Waals surface area contributed by atoms with E-state index in [2.05, 4.69) is 15.3 Å². The molecule has 0 fully saturated rings. The van der Waals surface area contributed by atoms with E-state index in [1.165, 1.54) is 18.7 Å². The molecular weight excluding hydrogens is 320 g/mol. The van der Waals surface area contributed by atoms with Crippen molar-refractivity contribution in [2.24, 2.45) is 0 Å². The number of carbonyl (C=O) groups is 2. The molecule has 0 aliphatic carbocycles. The fourth-order valence-corrected chi connectivity index (χ4v) is 2.55. The van der Waals surface area contributed by atoms with Crippen molar-refractivity contribution >= 4 is 17.7 Å². The molecule has 1 N–H and O–H groups in total. The van der Waals surface area contributed by atoms with E-state index in [4.69, 9.17) is 4.74 Å². The third-order valence-electron chi connectivity index (χ3n) is 3.66. The van der Waals surface area contributed by atoms with E-state index in [1.807, 2.05) is 39.0 Å². The van der Waals surface area contributed by atoms with Crippen LogP contribution < -0.4 is 5.32 Å². The molecule has 1 aromatic carbocycles. The predicted molar refractivity (Wildman–Crippen MR) is 91.9 cm³/mol. The van der Waals surface area contributed by atoms with Crippen LogP contribution in [0.2, 0.25) is 0 Å². The van der Waals surface area contributed by atoms with Gasteiger partial charge in [0.2, 0.25) is 0 Å². The van der Waals surface area contributed by atoms with E-state index in [9.17, 15) is 9.59 Å². The summed E-state index contributed by atoms with van der Waals surface area (Å²) in [5.41, 5.74) is 2.57. The molecular formula is C18H20N4O3. The minimum atomic E-state index is -0.525. The normalized spacial score (nSPS) is 13.3. The summed E-state index contributed by atoms with van der Waals surface area (Å²) in [5, 5.41) is 2.82. The van der Waals surface area contributed by atoms with Crippen LogP contribution in [-0.4, -0.2) is 32.5 Å². The maximum Gasteiger partial charge on any atom is 0.410 e. The number of hydrogen-bond acceptors (Lipinski definition) is 5. The number of hydrogen-bond donors (Lipinski definition) is 1. The molecule has 0 bridgehead atoms. The fourth-order valence-electron chi connectivity index (χ4n) is 2.55. The molecule has 7 heteroatoms. The zero-order chi connectivity index (χ0) is 18.0. The first-order valence-electron chi connectivity index (χ1n) is 7.98. The van der Waals surface area contributed by atoms with Crippen molar-refractivity contribution in [3.05, 3.63) is 53.6 Å². The number of fused-ring (bicyclic) bond motifs is 1. The fraction of sp³-hybridized carbons (Fsp3) is 0.333. The van der Waals surface area contributed by atoms with Gasteiger partial charge in [-0.05, 0) is 44.0 Å². The van der Waals surface area contributed by atoms with Gasteiger partial charge in [0.1, 0.15) is 11.9 Å². The Morgan fingerprint density at radius 2 is 1.80 bits per heavy atom. The van der Waals surface area contributed by atoms with Crippen LogP contribution in [0.25, 0.3) is 0 Å². The molecule has 0 saturated heterocycles. The molecule has 0 atom stereocenters. The van der Waals surface area contributed by atoms with Gasteiger partial charge >= 0.3 is 6.09 Å². The Balaban J connectivity index is 1.68. The average Bonchev–Trinajstić information content (AvgIpc) is 2.97. The molecule has 130 valence electrons. The zero-order valence-electron chi connectivity index (χ0n) is 14.4. The summed E-state index contributed by atoms with van der Waals surface area (Å²) in [6, 6.07) is 5.61. The van der Waals surface area contributed by atoms with Crippen LogP contribution in [0.4, 0.5) is 10.5 Å². The number of amides is 2. The second kappa shape index (κ2) is 6.51. The third-order valence-corrected chi connectivity index (χ3v) is 3.66. The lowest BCUT2D eigenvalue weighted by atomic mass is 10.1. The maximum absolute atomic E-state index is 12.2. The molecule has 3 rings (SSSR count). The SMILES string of the molecule is CC(C)(C)OC(=O)N1Cc2ccc(NC(=O)c3cncnc3)cc2C1. The van der Waals surface area contributed by atoms with E-state index in [0.29, 0.717) is 24.3 Å². The third kappa shape index (κ3) is 4.12. The lowest BCUT2D eigenvalue weighted by Gasteiger charge is -2.24. The molecule has 0 spiro atoms. The van der Waals surface area contributed by atoms with Crippen molar-refractivity contribution in [1.82, 2.24) is 14.9 Å². The van der Waals surface area contributed by atoms with Crippen LogP contribution in [0.1, 0.15) is 42.3 Å². The molecule has 25 heavy (non-hydrogen) atoms. The summed E-state index contributed by atoms with van der Waals surface area (Å²) in [7, 11) is 0. The molecule has 0 saturated carbocycles. The second-order valence-electron chi connectivity index (χ2n) is 6.90. The van der Waals surface area contributed by atoms with Crippen molar-refractivity contribution in [3.8, 4) is 0 Å². The second-order valence-corrected chi connectivity index (χ2v) is 6.90. The number of aromatic nitrogens is 2. The lowest BCUT2D eigenvalue weighted by molar-refractivity contribution is 0.0241. The molecule has 1 aliphatic rings. The van der Waals surface area contributed by atoms with Crippen LogP contribution in [0.15, 0.2) is 36.9 Å². The van der Waals surface area contributed by atoms with Gasteiger partial charge < -0.3 is 10.1 Å². The van der Waals surface area contributed by atoms with Crippen molar-refractivity contribution in [3.63, 3.8) is 0 Å². The standard InChI is InChI=1S/C18H20N4O3/c1-18(2,3)25-17(24)22-9-12-4-5-15(6-13(12)10-22)21-16(23)14-7-19-11-20-8-14/h4-8,11H,9-10H2,1-3H3,(H,21,23). The Kier molecular flexibility index (Phi) is 4.39. The van der Waals surface area contributed by atoms with Gasteiger partial charge in [0.15, 0.2) is 0 Å². The highest BCUT2D eigenvalue weighted by molar-refractivity contribution is 6.03. The molecule has 0 unspecified atom stereocenters. The summed E-state index contributed by atoms with van der Waals surface area (Å²) in [6.07, 6.45) is 3.95. The molecule has 7 nitrogen and oxygen atoms in total. The smallest absolute Gasteiger partial charge is 0.410 e. The van der Waals surface area contributed by atoms with Crippen LogP contribution in [0, 0.1) is 0 Å². The van der Waals surface area contributed by atoms with Crippen LogP contribution in [0.3, 0.4) is 0 Å². The first kappa shape index (κ1) is 16.9. The van der Waals surface area contributed by atoms with Crippen LogP contribution in [0.5, 0.6) is 0 Å². The van der Waals surface area contributed by atoms with Crippen LogP contribution in [-0.2, 0) is 17.8 Å². The van der Waals surface area contributed by atoms with E-state index < -0.39 is 5.60 Å². The van der Waals surface area contributed by atoms with Gasteiger partial charge in [-0.3, -0.25) is 9.69 Å². The van der Waals surface area contributed by atoms with Crippen molar-refractivity contribution < 1.29 is 14.3 Å². The molecule has 1 aliphatic heterocycles. The van der Waals surface area contributed by atoms with Gasteiger partial charge in [-0.25, -0.2) is 14.8 Å². The summed E-state index contributed by atoms with van der Waals surface area (Å²) in [6.45, 7) is 6.49. The summed E-state index contributed by atoms with van der Waals surface area (Å²) >= 11 is 0. The quantitative estimate of drug-likeness (QED) is 0.908. The minimum absolute atomic E-state index is 0.275. The number of anilines is 1. The Morgan fingerprint density at radius 1 is 1.12 bits per heavy atom. The average molecular weight is 340 g/mol. The van der Waals surface area contributed by atoms with E-state index in [0.717, 1.165) is 11.1 Å². The van der Waals surface area contributed by atoms with E-state index in [-0.39, 0.29) is 12.0 Å². The van der Waals surface area contributed by atoms with Crippen molar-refractivity contribution in [1.29, 1.82) is 0 Å². The highest BCUT2D eigenvalue weighted by atomic mass is 16.6. The van der Waals surface area contributed by atoms with Gasteiger partial charge in [0.05, 0.1) is 5.56 Å². The number of carbonyl (C=O) groups excluding carboxylic acids is 2. The maximum atomic E-state index is 12.2. The molecule has 2 amide bonds. The zero-order valence-corrected chi connectivity index (χ0v) is 14.4. The number of ether oxygens (including phenoxy) is 1. The number of nitrogens with zero attached hydrogens (tertiary/aromatic N) is 3. The van der Waals surface area contributed by atoms with E-state index >= 15 is 0 Å². The van der Waals surface area contributed by atoms with Crippen LogP contribution >= 0.6 is 0 Å². The van der Waals surface area contributed by atoms with Gasteiger partial charge in [0.25, 0.3) is 5.91 Å². The summed E-state index contributed by atoms with van der Waals surface area (Å²) in [5.74, 6) is -0.275. The monoisotopic (exact) mass is 340 g/mol. The van der Waals surface area contributed by atoms with Gasteiger partial charge in [-0.2, -0.15) is 0 Å². The number of nitrogens with one attached hydrogen (secondary N) is 1. The minimum Gasteiger partial charge on any atom is -0.444 e. The highest BCUT2D eigenvalue weighted by Gasteiger charge is 2.27. The van der Waals surface area contributed by atoms with Gasteiger partial charge in [-0.1, -0.05) is 6.07 Å². The molecule has 1 aromatic heterocycles. The summed E-state index contributed by atoms with van der Waals surface area (Å²) in [4.78, 5) is 33.7. The van der Waals surface area contributed by atoms with Crippen molar-refractivity contribution in [2.45, 2.75) is 39.5 Å². The summed E-state index contributed by atoms with van der Waals surface area (Å²) < 4.78 is 5.41. The predicted octanol–water partition coefficient (Wildman–Crippen LogP) is 2.98. The number of rotatable bonds is 2. The first-order chi connectivity index (χ1) is 11.8.